The Hall–Kier alpha value is -0.820. The summed E-state index contributed by atoms with van der Waals surface area (Å²) >= 11 is 0. The van der Waals surface area contributed by atoms with Gasteiger partial charge in [0.1, 0.15) is 0 Å². The van der Waals surface area contributed by atoms with Crippen LogP contribution in [0.2, 0.25) is 0 Å². The third-order valence-corrected chi connectivity index (χ3v) is 2.71. The van der Waals surface area contributed by atoms with Gasteiger partial charge in [0.2, 0.25) is 0 Å². The second-order valence-electron chi connectivity index (χ2n) is 3.32. The standard InChI is InChI=1S/C10H10O/c1-2-4-8-7(3-1)9-5-6-10(8)11-9/h1-4,9-10H,5-6H2. The van der Waals surface area contributed by atoms with Gasteiger partial charge in [-0.15, -0.1) is 0 Å². The maximum atomic E-state index is 5.74. The van der Waals surface area contributed by atoms with Crippen molar-refractivity contribution in [2.45, 2.75) is 25.0 Å². The minimum Gasteiger partial charge on any atom is -0.366 e. The molecule has 0 spiro atoms. The maximum absolute atomic E-state index is 5.74. The van der Waals surface area contributed by atoms with Gasteiger partial charge in [0.25, 0.3) is 0 Å². The van der Waals surface area contributed by atoms with Gasteiger partial charge in [0.15, 0.2) is 0 Å². The normalized spacial score (nSPS) is 32.4. The van der Waals surface area contributed by atoms with Crippen molar-refractivity contribution in [2.75, 3.05) is 0 Å². The lowest BCUT2D eigenvalue weighted by atomic mass is 9.92. The Morgan fingerprint density at radius 1 is 1.00 bits per heavy atom. The van der Waals surface area contributed by atoms with Crippen LogP contribution in [0.3, 0.4) is 0 Å². The van der Waals surface area contributed by atoms with Crippen LogP contribution in [0.5, 0.6) is 0 Å². The molecular formula is C10H10O. The van der Waals surface area contributed by atoms with Crippen molar-refractivity contribution < 1.29 is 4.74 Å². The van der Waals surface area contributed by atoms with Crippen molar-refractivity contribution in [3.8, 4) is 0 Å². The quantitative estimate of drug-likeness (QED) is 0.546. The van der Waals surface area contributed by atoms with Gasteiger partial charge in [-0.05, 0) is 24.0 Å². The van der Waals surface area contributed by atoms with E-state index in [2.05, 4.69) is 24.3 Å². The largest absolute Gasteiger partial charge is 0.366 e. The predicted octanol–water partition coefficient (Wildman–Crippen LogP) is 2.59. The summed E-state index contributed by atoms with van der Waals surface area (Å²) in [7, 11) is 0. The highest BCUT2D eigenvalue weighted by molar-refractivity contribution is 5.36. The number of ether oxygens (including phenoxy) is 1. The molecule has 2 unspecified atom stereocenters. The van der Waals surface area contributed by atoms with Crippen molar-refractivity contribution in [2.24, 2.45) is 0 Å². The Labute approximate surface area is 66.0 Å². The Balaban J connectivity index is 2.23. The molecule has 1 aromatic rings. The molecule has 0 saturated carbocycles. The lowest BCUT2D eigenvalue weighted by Gasteiger charge is -2.09. The lowest BCUT2D eigenvalue weighted by Crippen LogP contribution is -1.95. The van der Waals surface area contributed by atoms with Crippen molar-refractivity contribution >= 4 is 0 Å². The van der Waals surface area contributed by atoms with Crippen molar-refractivity contribution in [1.29, 1.82) is 0 Å². The highest BCUT2D eigenvalue weighted by Gasteiger charge is 2.37. The van der Waals surface area contributed by atoms with E-state index in [0.29, 0.717) is 12.2 Å². The molecule has 2 atom stereocenters. The van der Waals surface area contributed by atoms with Gasteiger partial charge in [-0.1, -0.05) is 24.3 Å². The summed E-state index contributed by atoms with van der Waals surface area (Å²) < 4.78 is 5.74. The van der Waals surface area contributed by atoms with Gasteiger partial charge in [-0.3, -0.25) is 0 Å². The van der Waals surface area contributed by atoms with Gasteiger partial charge in [-0.25, -0.2) is 0 Å². The molecule has 11 heavy (non-hydrogen) atoms. The number of rotatable bonds is 0. The first-order valence-electron chi connectivity index (χ1n) is 4.19. The highest BCUT2D eigenvalue weighted by Crippen LogP contribution is 2.49. The van der Waals surface area contributed by atoms with E-state index < -0.39 is 0 Å². The number of hydrogen-bond donors (Lipinski definition) is 0. The average Bonchev–Trinajstić information content (AvgIpc) is 2.64. The minimum atomic E-state index is 0.427. The Bertz CT molecular complexity index is 264. The first kappa shape index (κ1) is 5.78. The first-order valence-corrected chi connectivity index (χ1v) is 4.19. The van der Waals surface area contributed by atoms with Crippen LogP contribution in [0.1, 0.15) is 36.2 Å². The molecule has 0 N–H and O–H groups in total. The molecule has 1 fully saturated rings. The fourth-order valence-electron chi connectivity index (χ4n) is 2.19. The van der Waals surface area contributed by atoms with Crippen molar-refractivity contribution in [3.63, 3.8) is 0 Å². The zero-order chi connectivity index (χ0) is 7.26. The van der Waals surface area contributed by atoms with Gasteiger partial charge < -0.3 is 4.74 Å². The molecule has 0 radical (unpaired) electrons. The fraction of sp³-hybridized carbons (Fsp3) is 0.400. The summed E-state index contributed by atoms with van der Waals surface area (Å²) in [6.07, 6.45) is 3.30. The number of hydrogen-bond acceptors (Lipinski definition) is 1. The zero-order valence-electron chi connectivity index (χ0n) is 6.29. The van der Waals surface area contributed by atoms with Crippen molar-refractivity contribution in [3.05, 3.63) is 35.4 Å². The van der Waals surface area contributed by atoms with Gasteiger partial charge in [0, 0.05) is 0 Å². The van der Waals surface area contributed by atoms with E-state index in [4.69, 9.17) is 4.74 Å². The van der Waals surface area contributed by atoms with E-state index in [1.807, 2.05) is 0 Å². The molecule has 3 rings (SSSR count). The van der Waals surface area contributed by atoms with Crippen LogP contribution < -0.4 is 0 Å². The second-order valence-corrected chi connectivity index (χ2v) is 3.32. The maximum Gasteiger partial charge on any atom is 0.0838 e. The molecule has 1 heteroatoms. The molecule has 2 aliphatic rings. The van der Waals surface area contributed by atoms with Gasteiger partial charge in [-0.2, -0.15) is 0 Å². The van der Waals surface area contributed by atoms with Crippen LogP contribution >= 0.6 is 0 Å². The fourth-order valence-corrected chi connectivity index (χ4v) is 2.19. The van der Waals surface area contributed by atoms with E-state index in [1.54, 1.807) is 0 Å². The van der Waals surface area contributed by atoms with E-state index in [1.165, 1.54) is 24.0 Å². The molecule has 0 aliphatic carbocycles. The topological polar surface area (TPSA) is 9.23 Å². The lowest BCUT2D eigenvalue weighted by molar-refractivity contribution is 0.0716. The van der Waals surface area contributed by atoms with E-state index in [-0.39, 0.29) is 0 Å². The molecule has 0 amide bonds. The summed E-state index contributed by atoms with van der Waals surface area (Å²) in [5.74, 6) is 0. The van der Waals surface area contributed by atoms with Gasteiger partial charge in [0.05, 0.1) is 12.2 Å². The smallest absolute Gasteiger partial charge is 0.0838 e. The Morgan fingerprint density at radius 3 is 2.09 bits per heavy atom. The monoisotopic (exact) mass is 146 g/mol. The average molecular weight is 146 g/mol. The molecule has 56 valence electrons. The summed E-state index contributed by atoms with van der Waals surface area (Å²) in [5.41, 5.74) is 2.87. The minimum absolute atomic E-state index is 0.427. The summed E-state index contributed by atoms with van der Waals surface area (Å²) in [6, 6.07) is 8.59. The Kier molecular flexibility index (Phi) is 0.977. The highest BCUT2D eigenvalue weighted by atomic mass is 16.5. The second kappa shape index (κ2) is 1.86. The van der Waals surface area contributed by atoms with Crippen LogP contribution in [-0.4, -0.2) is 0 Å². The van der Waals surface area contributed by atoms with E-state index in [9.17, 15) is 0 Å². The van der Waals surface area contributed by atoms with E-state index >= 15 is 0 Å². The molecule has 1 saturated heterocycles. The molecule has 0 aromatic heterocycles. The number of benzene rings is 1. The molecule has 2 aliphatic heterocycles. The molecule has 2 bridgehead atoms. The molecule has 2 heterocycles. The molecule has 1 nitrogen and oxygen atoms in total. The van der Waals surface area contributed by atoms with Crippen LogP contribution in [0, 0.1) is 0 Å². The van der Waals surface area contributed by atoms with Gasteiger partial charge >= 0.3 is 0 Å². The third-order valence-electron chi connectivity index (χ3n) is 2.71. The molecule has 1 aromatic carbocycles. The van der Waals surface area contributed by atoms with Crippen LogP contribution in [0.4, 0.5) is 0 Å². The van der Waals surface area contributed by atoms with Crippen LogP contribution in [0.15, 0.2) is 24.3 Å². The summed E-state index contributed by atoms with van der Waals surface area (Å²) in [4.78, 5) is 0. The van der Waals surface area contributed by atoms with E-state index in [0.717, 1.165) is 0 Å². The Morgan fingerprint density at radius 2 is 1.55 bits per heavy atom. The summed E-state index contributed by atoms with van der Waals surface area (Å²) in [6.45, 7) is 0. The third kappa shape index (κ3) is 0.641. The number of fused-ring (bicyclic) bond motifs is 5. The van der Waals surface area contributed by atoms with Crippen LogP contribution in [-0.2, 0) is 4.74 Å². The van der Waals surface area contributed by atoms with Crippen molar-refractivity contribution in [1.82, 2.24) is 0 Å². The molecular weight excluding hydrogens is 136 g/mol. The first-order chi connectivity index (χ1) is 5.45. The van der Waals surface area contributed by atoms with Crippen LogP contribution in [0.25, 0.3) is 0 Å². The summed E-state index contributed by atoms with van der Waals surface area (Å²) in [5, 5.41) is 0. The zero-order valence-corrected chi connectivity index (χ0v) is 6.29. The predicted molar refractivity (Wildman–Crippen MR) is 42.2 cm³/mol. The SMILES string of the molecule is c1ccc2c(c1)C1CCC2O1.